The molecular formula is C21H25N3O3. The third-order valence-electron chi connectivity index (χ3n) is 4.65. The average Bonchev–Trinajstić information content (AvgIpc) is 3.02. The van der Waals surface area contributed by atoms with E-state index in [-0.39, 0.29) is 18.5 Å². The van der Waals surface area contributed by atoms with E-state index >= 15 is 0 Å². The maximum atomic E-state index is 12.7. The second-order valence-electron chi connectivity index (χ2n) is 6.88. The molecule has 6 nitrogen and oxygen atoms in total. The van der Waals surface area contributed by atoms with Crippen molar-refractivity contribution in [3.05, 3.63) is 54.1 Å². The Morgan fingerprint density at radius 2 is 1.89 bits per heavy atom. The quantitative estimate of drug-likeness (QED) is 0.847. The van der Waals surface area contributed by atoms with Gasteiger partial charge in [0.05, 0.1) is 7.11 Å². The van der Waals surface area contributed by atoms with Gasteiger partial charge in [-0.3, -0.25) is 9.69 Å². The van der Waals surface area contributed by atoms with Crippen molar-refractivity contribution in [3.8, 4) is 5.75 Å². The molecule has 1 aliphatic rings. The van der Waals surface area contributed by atoms with Crippen molar-refractivity contribution in [3.63, 3.8) is 0 Å². The number of hydrogen-bond donors (Lipinski definition) is 1. The van der Waals surface area contributed by atoms with Crippen LogP contribution < -0.4 is 15.0 Å². The number of anilines is 2. The molecule has 0 unspecified atom stereocenters. The molecule has 0 radical (unpaired) electrons. The molecule has 2 aromatic carbocycles. The van der Waals surface area contributed by atoms with Crippen LogP contribution >= 0.6 is 0 Å². The lowest BCUT2D eigenvalue weighted by molar-refractivity contribution is -0.116. The third-order valence-corrected chi connectivity index (χ3v) is 4.65. The Hall–Kier alpha value is -3.02. The summed E-state index contributed by atoms with van der Waals surface area (Å²) in [6.45, 7) is 5.40. The smallest absolute Gasteiger partial charge is 0.325 e. The standard InChI is InChI=1S/C21H25N3O3/c1-15(2)16-7-9-18(10-8-16)24-12-11-23(21(24)26)14-20(25)22-17-5-4-6-19(13-17)27-3/h4-10,13,15H,11-12,14H2,1-3H3,(H,22,25). The van der Waals surface area contributed by atoms with Gasteiger partial charge in [0.25, 0.3) is 0 Å². The third kappa shape index (κ3) is 4.39. The Balaban J connectivity index is 1.60. The van der Waals surface area contributed by atoms with Crippen molar-refractivity contribution in [2.24, 2.45) is 0 Å². The van der Waals surface area contributed by atoms with E-state index < -0.39 is 0 Å². The molecule has 1 saturated heterocycles. The molecular weight excluding hydrogens is 342 g/mol. The minimum absolute atomic E-state index is 0.0244. The largest absolute Gasteiger partial charge is 0.497 e. The van der Waals surface area contributed by atoms with Gasteiger partial charge in [0, 0.05) is 30.5 Å². The molecule has 1 heterocycles. The average molecular weight is 367 g/mol. The van der Waals surface area contributed by atoms with Gasteiger partial charge in [-0.25, -0.2) is 4.79 Å². The molecule has 1 fully saturated rings. The summed E-state index contributed by atoms with van der Waals surface area (Å²) >= 11 is 0. The topological polar surface area (TPSA) is 61.9 Å². The first kappa shape index (κ1) is 18.8. The number of ether oxygens (including phenoxy) is 1. The van der Waals surface area contributed by atoms with E-state index in [1.54, 1.807) is 35.1 Å². The second kappa shape index (κ2) is 8.12. The zero-order valence-corrected chi connectivity index (χ0v) is 15.9. The summed E-state index contributed by atoms with van der Waals surface area (Å²) in [4.78, 5) is 28.2. The summed E-state index contributed by atoms with van der Waals surface area (Å²) in [7, 11) is 1.58. The van der Waals surface area contributed by atoms with Crippen LogP contribution in [0.4, 0.5) is 16.2 Å². The van der Waals surface area contributed by atoms with Gasteiger partial charge in [-0.05, 0) is 35.7 Å². The number of rotatable bonds is 6. The number of nitrogens with zero attached hydrogens (tertiary/aromatic N) is 2. The molecule has 3 amide bonds. The van der Waals surface area contributed by atoms with E-state index in [2.05, 4.69) is 19.2 Å². The van der Waals surface area contributed by atoms with E-state index in [9.17, 15) is 9.59 Å². The predicted octanol–water partition coefficient (Wildman–Crippen LogP) is 3.70. The predicted molar refractivity (Wildman–Crippen MR) is 106 cm³/mol. The number of methoxy groups -OCH3 is 1. The van der Waals surface area contributed by atoms with E-state index in [0.29, 0.717) is 30.4 Å². The van der Waals surface area contributed by atoms with Gasteiger partial charge in [0.1, 0.15) is 12.3 Å². The van der Waals surface area contributed by atoms with Crippen LogP contribution in [-0.4, -0.2) is 43.6 Å². The fraction of sp³-hybridized carbons (Fsp3) is 0.333. The van der Waals surface area contributed by atoms with E-state index in [1.165, 1.54) is 5.56 Å². The molecule has 3 rings (SSSR count). The molecule has 6 heteroatoms. The second-order valence-corrected chi connectivity index (χ2v) is 6.88. The molecule has 0 spiro atoms. The molecule has 27 heavy (non-hydrogen) atoms. The van der Waals surface area contributed by atoms with E-state index in [1.807, 2.05) is 30.3 Å². The number of amides is 3. The first-order valence-corrected chi connectivity index (χ1v) is 9.08. The lowest BCUT2D eigenvalue weighted by Crippen LogP contribution is -2.37. The maximum Gasteiger partial charge on any atom is 0.325 e. The fourth-order valence-electron chi connectivity index (χ4n) is 3.08. The van der Waals surface area contributed by atoms with Crippen molar-refractivity contribution in [1.82, 2.24) is 4.90 Å². The fourth-order valence-corrected chi connectivity index (χ4v) is 3.08. The molecule has 1 N–H and O–H groups in total. The zero-order valence-electron chi connectivity index (χ0n) is 15.9. The highest BCUT2D eigenvalue weighted by atomic mass is 16.5. The van der Waals surface area contributed by atoms with E-state index in [4.69, 9.17) is 4.74 Å². The normalized spacial score (nSPS) is 14.0. The summed E-state index contributed by atoms with van der Waals surface area (Å²) in [6.07, 6.45) is 0. The number of hydrogen-bond acceptors (Lipinski definition) is 3. The number of carbonyl (C=O) groups excluding carboxylic acids is 2. The van der Waals surface area contributed by atoms with Gasteiger partial charge in [-0.2, -0.15) is 0 Å². The van der Waals surface area contributed by atoms with Crippen LogP contribution in [0.2, 0.25) is 0 Å². The number of nitrogens with one attached hydrogen (secondary N) is 1. The minimum atomic E-state index is -0.228. The Morgan fingerprint density at radius 1 is 1.15 bits per heavy atom. The molecule has 0 aromatic heterocycles. The first-order chi connectivity index (χ1) is 13.0. The highest BCUT2D eigenvalue weighted by Gasteiger charge is 2.30. The molecule has 0 atom stereocenters. The highest BCUT2D eigenvalue weighted by molar-refractivity contribution is 5.99. The monoisotopic (exact) mass is 367 g/mol. The Morgan fingerprint density at radius 3 is 2.56 bits per heavy atom. The van der Waals surface area contributed by atoms with Crippen LogP contribution in [0.1, 0.15) is 25.3 Å². The van der Waals surface area contributed by atoms with Gasteiger partial charge in [0.15, 0.2) is 0 Å². The van der Waals surface area contributed by atoms with Crippen LogP contribution in [0.3, 0.4) is 0 Å². The number of urea groups is 1. The molecule has 0 aliphatic carbocycles. The molecule has 2 aromatic rings. The lowest BCUT2D eigenvalue weighted by atomic mass is 10.0. The van der Waals surface area contributed by atoms with E-state index in [0.717, 1.165) is 5.69 Å². The van der Waals surface area contributed by atoms with Gasteiger partial charge in [-0.15, -0.1) is 0 Å². The first-order valence-electron chi connectivity index (χ1n) is 9.08. The molecule has 0 bridgehead atoms. The summed E-state index contributed by atoms with van der Waals surface area (Å²) < 4.78 is 5.15. The number of carbonyl (C=O) groups is 2. The number of benzene rings is 2. The summed E-state index contributed by atoms with van der Waals surface area (Å²) in [5.41, 5.74) is 2.74. The van der Waals surface area contributed by atoms with Crippen molar-refractivity contribution >= 4 is 23.3 Å². The SMILES string of the molecule is COc1cccc(NC(=O)CN2CCN(c3ccc(C(C)C)cc3)C2=O)c1. The minimum Gasteiger partial charge on any atom is -0.497 e. The lowest BCUT2D eigenvalue weighted by Gasteiger charge is -2.19. The maximum absolute atomic E-state index is 12.7. The van der Waals surface area contributed by atoms with Crippen LogP contribution in [-0.2, 0) is 4.79 Å². The Bertz CT molecular complexity index is 818. The Labute approximate surface area is 159 Å². The van der Waals surface area contributed by atoms with Crippen LogP contribution in [0, 0.1) is 0 Å². The zero-order chi connectivity index (χ0) is 19.4. The van der Waals surface area contributed by atoms with Gasteiger partial charge < -0.3 is 15.0 Å². The highest BCUT2D eigenvalue weighted by Crippen LogP contribution is 2.23. The Kier molecular flexibility index (Phi) is 5.64. The van der Waals surface area contributed by atoms with Crippen LogP contribution in [0.5, 0.6) is 5.75 Å². The van der Waals surface area contributed by atoms with Gasteiger partial charge in [0.2, 0.25) is 5.91 Å². The summed E-state index contributed by atoms with van der Waals surface area (Å²) in [6, 6.07) is 15.0. The van der Waals surface area contributed by atoms with Gasteiger partial charge >= 0.3 is 6.03 Å². The van der Waals surface area contributed by atoms with Crippen molar-refractivity contribution in [2.75, 3.05) is 37.0 Å². The van der Waals surface area contributed by atoms with Crippen molar-refractivity contribution < 1.29 is 14.3 Å². The molecule has 0 saturated carbocycles. The summed E-state index contributed by atoms with van der Waals surface area (Å²) in [5, 5.41) is 2.81. The van der Waals surface area contributed by atoms with Crippen molar-refractivity contribution in [2.45, 2.75) is 19.8 Å². The molecule has 1 aliphatic heterocycles. The van der Waals surface area contributed by atoms with Crippen LogP contribution in [0.15, 0.2) is 48.5 Å². The summed E-state index contributed by atoms with van der Waals surface area (Å²) in [5.74, 6) is 0.889. The molecule has 142 valence electrons. The van der Waals surface area contributed by atoms with Gasteiger partial charge in [-0.1, -0.05) is 32.0 Å². The van der Waals surface area contributed by atoms with Crippen LogP contribution in [0.25, 0.3) is 0 Å². The van der Waals surface area contributed by atoms with Crippen molar-refractivity contribution in [1.29, 1.82) is 0 Å².